The summed E-state index contributed by atoms with van der Waals surface area (Å²) in [6, 6.07) is 7.78. The van der Waals surface area contributed by atoms with Gasteiger partial charge < -0.3 is 10.4 Å². The van der Waals surface area contributed by atoms with E-state index in [-0.39, 0.29) is 34.6 Å². The van der Waals surface area contributed by atoms with E-state index in [2.05, 4.69) is 37.4 Å². The van der Waals surface area contributed by atoms with Crippen LogP contribution >= 0.6 is 11.6 Å². The van der Waals surface area contributed by atoms with Gasteiger partial charge >= 0.3 is 0 Å². The van der Waals surface area contributed by atoms with E-state index in [4.69, 9.17) is 11.6 Å². The normalized spacial score (nSPS) is 38.3. The number of hydrogen-bond donors (Lipinski definition) is 2. The first-order valence-electron chi connectivity index (χ1n) is 10.1. The maximum atomic E-state index is 12.9. The van der Waals surface area contributed by atoms with Crippen molar-refractivity contribution in [1.82, 2.24) is 5.32 Å². The van der Waals surface area contributed by atoms with Gasteiger partial charge in [-0.1, -0.05) is 37.3 Å². The standard InChI is InChI=1S/C23H28ClNO2/c1-3-23-13-12-19(15-6-10-18(26)11-7-15)20(16-4-8-17(24)9-5-16)21(23)14(2)25-22(23)27/h4-8,10-11,14,17,19-21,26H,3,9,12-13H2,1-2H3,(H,25,27)/t14-,17?,19+,20+,21?,23-/m1/s1. The highest BCUT2D eigenvalue weighted by atomic mass is 35.5. The third-order valence-electron chi connectivity index (χ3n) is 7.12. The lowest BCUT2D eigenvalue weighted by Crippen LogP contribution is -2.45. The molecule has 0 radical (unpaired) electrons. The first-order valence-corrected chi connectivity index (χ1v) is 10.5. The number of nitrogens with one attached hydrogen (secondary N) is 1. The molecule has 3 nitrogen and oxygen atoms in total. The van der Waals surface area contributed by atoms with Crippen molar-refractivity contribution in [1.29, 1.82) is 0 Å². The Bertz CT molecular complexity index is 784. The summed E-state index contributed by atoms with van der Waals surface area (Å²) in [5.74, 6) is 1.41. The Morgan fingerprint density at radius 1 is 1.30 bits per heavy atom. The molecule has 3 aliphatic rings. The third kappa shape index (κ3) is 3.00. The summed E-state index contributed by atoms with van der Waals surface area (Å²) in [5, 5.41) is 13.0. The number of alkyl halides is 1. The molecule has 1 amide bonds. The Hall–Kier alpha value is -1.74. The van der Waals surface area contributed by atoms with Crippen molar-refractivity contribution < 1.29 is 9.90 Å². The van der Waals surface area contributed by atoms with Gasteiger partial charge in [0.25, 0.3) is 0 Å². The fourth-order valence-electron chi connectivity index (χ4n) is 5.81. The molecule has 144 valence electrons. The van der Waals surface area contributed by atoms with E-state index < -0.39 is 0 Å². The number of carbonyl (C=O) groups is 1. The summed E-state index contributed by atoms with van der Waals surface area (Å²) in [5.41, 5.74) is 2.29. The minimum atomic E-state index is -0.274. The highest BCUT2D eigenvalue weighted by molar-refractivity contribution is 6.22. The van der Waals surface area contributed by atoms with Crippen LogP contribution in [0.3, 0.4) is 0 Å². The zero-order valence-corrected chi connectivity index (χ0v) is 16.7. The largest absolute Gasteiger partial charge is 0.508 e. The van der Waals surface area contributed by atoms with Crippen molar-refractivity contribution in [2.75, 3.05) is 0 Å². The zero-order valence-electron chi connectivity index (χ0n) is 16.0. The average Bonchev–Trinajstić information content (AvgIpc) is 2.93. The highest BCUT2D eigenvalue weighted by Gasteiger charge is 2.59. The molecule has 4 rings (SSSR count). The van der Waals surface area contributed by atoms with Crippen molar-refractivity contribution >= 4 is 17.5 Å². The SMILES string of the molecule is CC[C@@]12CC[C@@H](c3ccc(O)cc3)[C@H](C3=CCC(Cl)C=C3)C1[C@@H](C)NC2=O. The summed E-state index contributed by atoms with van der Waals surface area (Å²) < 4.78 is 0. The van der Waals surface area contributed by atoms with E-state index in [1.165, 1.54) is 11.1 Å². The van der Waals surface area contributed by atoms with Gasteiger partial charge in [0.1, 0.15) is 5.75 Å². The molecule has 2 fully saturated rings. The molecule has 1 aliphatic heterocycles. The van der Waals surface area contributed by atoms with Gasteiger partial charge in [0.2, 0.25) is 5.91 Å². The van der Waals surface area contributed by atoms with E-state index in [0.717, 1.165) is 25.7 Å². The number of amides is 1. The second kappa shape index (κ2) is 7.01. The number of aromatic hydroxyl groups is 1. The number of phenols is 1. The Kier molecular flexibility index (Phi) is 4.84. The van der Waals surface area contributed by atoms with Crippen LogP contribution in [0.2, 0.25) is 0 Å². The summed E-state index contributed by atoms with van der Waals surface area (Å²) in [6.07, 6.45) is 10.2. The van der Waals surface area contributed by atoms with Crippen molar-refractivity contribution in [3.05, 3.63) is 53.6 Å². The average molecular weight is 386 g/mol. The van der Waals surface area contributed by atoms with Gasteiger partial charge in [0.05, 0.1) is 10.8 Å². The van der Waals surface area contributed by atoms with Crippen LogP contribution < -0.4 is 5.32 Å². The van der Waals surface area contributed by atoms with Crippen LogP contribution in [0.1, 0.15) is 51.0 Å². The molecule has 27 heavy (non-hydrogen) atoms. The smallest absolute Gasteiger partial charge is 0.226 e. The molecule has 0 bridgehead atoms. The van der Waals surface area contributed by atoms with Crippen LogP contribution in [-0.4, -0.2) is 22.4 Å². The van der Waals surface area contributed by atoms with Gasteiger partial charge in [-0.3, -0.25) is 4.79 Å². The van der Waals surface area contributed by atoms with Gasteiger partial charge in [-0.2, -0.15) is 0 Å². The molecule has 1 saturated carbocycles. The highest BCUT2D eigenvalue weighted by Crippen LogP contribution is 2.58. The predicted molar refractivity (Wildman–Crippen MR) is 109 cm³/mol. The molecule has 4 heteroatoms. The number of allylic oxidation sites excluding steroid dienone is 4. The first-order chi connectivity index (χ1) is 13.0. The molecule has 2 aliphatic carbocycles. The van der Waals surface area contributed by atoms with Gasteiger partial charge in [-0.05, 0) is 67.7 Å². The number of phenolic OH excluding ortho intramolecular Hbond substituents is 1. The molecule has 1 aromatic rings. The molecular weight excluding hydrogens is 358 g/mol. The number of carbonyl (C=O) groups excluding carboxylic acids is 1. The van der Waals surface area contributed by atoms with Crippen molar-refractivity contribution in [3.8, 4) is 5.75 Å². The lowest BCUT2D eigenvalue weighted by molar-refractivity contribution is -0.131. The summed E-state index contributed by atoms with van der Waals surface area (Å²) in [7, 11) is 0. The minimum absolute atomic E-state index is 0.0566. The maximum Gasteiger partial charge on any atom is 0.226 e. The topological polar surface area (TPSA) is 49.3 Å². The first kappa shape index (κ1) is 18.6. The lowest BCUT2D eigenvalue weighted by atomic mass is 9.54. The molecule has 0 aromatic heterocycles. The van der Waals surface area contributed by atoms with Crippen molar-refractivity contribution in [2.45, 2.75) is 56.9 Å². The summed E-state index contributed by atoms with van der Waals surface area (Å²) in [4.78, 5) is 12.9. The molecule has 1 aromatic carbocycles. The van der Waals surface area contributed by atoms with Crippen molar-refractivity contribution in [3.63, 3.8) is 0 Å². The van der Waals surface area contributed by atoms with Crippen LogP contribution in [0.4, 0.5) is 0 Å². The number of halogens is 1. The summed E-state index contributed by atoms with van der Waals surface area (Å²) in [6.45, 7) is 4.31. The van der Waals surface area contributed by atoms with Gasteiger partial charge in [-0.25, -0.2) is 0 Å². The van der Waals surface area contributed by atoms with Crippen LogP contribution in [0.15, 0.2) is 48.1 Å². The van der Waals surface area contributed by atoms with Crippen LogP contribution in [0.25, 0.3) is 0 Å². The quantitative estimate of drug-likeness (QED) is 0.726. The zero-order chi connectivity index (χ0) is 19.2. The molecule has 2 unspecified atom stereocenters. The second-order valence-corrected chi connectivity index (χ2v) is 8.94. The van der Waals surface area contributed by atoms with Crippen LogP contribution in [0.5, 0.6) is 5.75 Å². The van der Waals surface area contributed by atoms with E-state index in [9.17, 15) is 9.90 Å². The molecular formula is C23H28ClNO2. The molecule has 2 N–H and O–H groups in total. The Labute approximate surface area is 166 Å². The fourth-order valence-corrected chi connectivity index (χ4v) is 5.98. The Morgan fingerprint density at radius 2 is 2.04 bits per heavy atom. The van der Waals surface area contributed by atoms with Gasteiger partial charge in [0, 0.05) is 12.0 Å². The number of rotatable bonds is 3. The van der Waals surface area contributed by atoms with E-state index in [0.29, 0.717) is 11.7 Å². The van der Waals surface area contributed by atoms with Crippen LogP contribution in [0, 0.1) is 17.3 Å². The van der Waals surface area contributed by atoms with E-state index in [1.54, 1.807) is 12.1 Å². The van der Waals surface area contributed by atoms with E-state index >= 15 is 0 Å². The van der Waals surface area contributed by atoms with Crippen LogP contribution in [-0.2, 0) is 4.79 Å². The molecule has 1 heterocycles. The molecule has 1 saturated heterocycles. The van der Waals surface area contributed by atoms with Crippen molar-refractivity contribution in [2.24, 2.45) is 17.3 Å². The van der Waals surface area contributed by atoms with Gasteiger partial charge in [0.15, 0.2) is 0 Å². The fraction of sp³-hybridized carbons (Fsp3) is 0.522. The molecule has 0 spiro atoms. The molecule has 6 atom stereocenters. The monoisotopic (exact) mass is 385 g/mol. The van der Waals surface area contributed by atoms with Gasteiger partial charge in [-0.15, -0.1) is 11.6 Å². The Balaban J connectivity index is 1.80. The maximum absolute atomic E-state index is 12.9. The Morgan fingerprint density at radius 3 is 2.67 bits per heavy atom. The predicted octanol–water partition coefficient (Wildman–Crippen LogP) is 4.91. The lowest BCUT2D eigenvalue weighted by Gasteiger charge is -2.48. The third-order valence-corrected chi connectivity index (χ3v) is 7.45. The number of fused-ring (bicyclic) bond motifs is 1. The number of hydrogen-bond acceptors (Lipinski definition) is 2. The van der Waals surface area contributed by atoms with E-state index in [1.807, 2.05) is 12.1 Å². The summed E-state index contributed by atoms with van der Waals surface area (Å²) >= 11 is 6.28. The minimum Gasteiger partial charge on any atom is -0.508 e. The number of benzene rings is 1. The second-order valence-electron chi connectivity index (χ2n) is 8.38.